The molecule has 0 aliphatic carbocycles. The topological polar surface area (TPSA) is 104 Å². The minimum Gasteiger partial charge on any atom is -0.497 e. The molecule has 156 valence electrons. The number of ether oxygens (including phenoxy) is 2. The molecular formula is C22H23N3O5. The molecule has 8 nitrogen and oxygen atoms in total. The van der Waals surface area contributed by atoms with Gasteiger partial charge < -0.3 is 19.3 Å². The molecule has 1 amide bonds. The number of benzene rings is 2. The molecular weight excluding hydrogens is 386 g/mol. The minimum atomic E-state index is -0.762. The van der Waals surface area contributed by atoms with Gasteiger partial charge in [-0.1, -0.05) is 35.5 Å². The number of nitrogens with one attached hydrogen (secondary N) is 1. The van der Waals surface area contributed by atoms with Crippen molar-refractivity contribution in [3.8, 4) is 17.1 Å². The average Bonchev–Trinajstić information content (AvgIpc) is 3.26. The third-order valence-corrected chi connectivity index (χ3v) is 4.49. The number of hydrogen-bond donors (Lipinski definition) is 1. The monoisotopic (exact) mass is 409 g/mol. The van der Waals surface area contributed by atoms with Gasteiger partial charge in [-0.3, -0.25) is 4.79 Å². The van der Waals surface area contributed by atoms with E-state index >= 15 is 0 Å². The van der Waals surface area contributed by atoms with Crippen LogP contribution in [0.25, 0.3) is 11.4 Å². The lowest BCUT2D eigenvalue weighted by molar-refractivity contribution is -0.145. The van der Waals surface area contributed by atoms with Gasteiger partial charge in [0.05, 0.1) is 14.2 Å². The summed E-state index contributed by atoms with van der Waals surface area (Å²) in [6.45, 7) is 0. The van der Waals surface area contributed by atoms with Crippen LogP contribution in [0.1, 0.15) is 17.9 Å². The van der Waals surface area contributed by atoms with Gasteiger partial charge in [0.1, 0.15) is 11.8 Å². The lowest BCUT2D eigenvalue weighted by Gasteiger charge is -2.16. The highest BCUT2D eigenvalue weighted by atomic mass is 16.5. The number of hydrogen-bond acceptors (Lipinski definition) is 7. The number of nitrogens with zero attached hydrogens (tertiary/aromatic N) is 2. The lowest BCUT2D eigenvalue weighted by atomic mass is 10.1. The normalized spacial score (nSPS) is 11.5. The van der Waals surface area contributed by atoms with Gasteiger partial charge in [0.15, 0.2) is 0 Å². The fourth-order valence-corrected chi connectivity index (χ4v) is 2.89. The second kappa shape index (κ2) is 10.2. The Morgan fingerprint density at radius 1 is 1.07 bits per heavy atom. The first-order valence-electron chi connectivity index (χ1n) is 9.47. The summed E-state index contributed by atoms with van der Waals surface area (Å²) in [4.78, 5) is 28.7. The second-order valence-corrected chi connectivity index (χ2v) is 6.57. The van der Waals surface area contributed by atoms with Gasteiger partial charge in [-0.15, -0.1) is 0 Å². The number of carbonyl (C=O) groups excluding carboxylic acids is 2. The Kier molecular flexibility index (Phi) is 7.15. The van der Waals surface area contributed by atoms with Crippen molar-refractivity contribution in [1.82, 2.24) is 15.5 Å². The predicted molar refractivity (Wildman–Crippen MR) is 109 cm³/mol. The minimum absolute atomic E-state index is 0.104. The van der Waals surface area contributed by atoms with Crippen LogP contribution >= 0.6 is 0 Å². The largest absolute Gasteiger partial charge is 0.497 e. The quantitative estimate of drug-likeness (QED) is 0.542. The smallest absolute Gasteiger partial charge is 0.328 e. The maximum atomic E-state index is 12.4. The summed E-state index contributed by atoms with van der Waals surface area (Å²) in [6, 6.07) is 15.9. The van der Waals surface area contributed by atoms with Crippen molar-refractivity contribution in [2.75, 3.05) is 14.2 Å². The molecule has 0 fully saturated rings. The highest BCUT2D eigenvalue weighted by Gasteiger charge is 2.22. The van der Waals surface area contributed by atoms with E-state index < -0.39 is 12.0 Å². The molecule has 8 heteroatoms. The Hall–Kier alpha value is -3.68. The third kappa shape index (κ3) is 5.66. The molecule has 1 atom stereocenters. The zero-order chi connectivity index (χ0) is 21.3. The number of rotatable bonds is 9. The van der Waals surface area contributed by atoms with E-state index in [0.29, 0.717) is 18.1 Å². The van der Waals surface area contributed by atoms with Crippen LogP contribution in [0.3, 0.4) is 0 Å². The molecule has 1 aromatic heterocycles. The summed E-state index contributed by atoms with van der Waals surface area (Å²) in [7, 11) is 2.89. The van der Waals surface area contributed by atoms with E-state index in [-0.39, 0.29) is 18.7 Å². The highest BCUT2D eigenvalue weighted by molar-refractivity contribution is 5.84. The molecule has 2 aromatic carbocycles. The van der Waals surface area contributed by atoms with Crippen LogP contribution in [-0.4, -0.2) is 42.3 Å². The highest BCUT2D eigenvalue weighted by Crippen LogP contribution is 2.20. The van der Waals surface area contributed by atoms with Gasteiger partial charge in [-0.2, -0.15) is 4.98 Å². The molecule has 0 spiro atoms. The van der Waals surface area contributed by atoms with Gasteiger partial charge in [-0.05, 0) is 29.8 Å². The first-order chi connectivity index (χ1) is 14.6. The van der Waals surface area contributed by atoms with E-state index in [4.69, 9.17) is 14.0 Å². The molecule has 0 aliphatic heterocycles. The first kappa shape index (κ1) is 21.0. The fourth-order valence-electron chi connectivity index (χ4n) is 2.89. The maximum absolute atomic E-state index is 12.4. The predicted octanol–water partition coefficient (Wildman–Crippen LogP) is 2.58. The van der Waals surface area contributed by atoms with Crippen LogP contribution in [0.15, 0.2) is 59.1 Å². The number of methoxy groups -OCH3 is 2. The van der Waals surface area contributed by atoms with Crippen molar-refractivity contribution in [3.63, 3.8) is 0 Å². The van der Waals surface area contributed by atoms with Crippen molar-refractivity contribution < 1.29 is 23.6 Å². The number of aromatic nitrogens is 2. The average molecular weight is 409 g/mol. The maximum Gasteiger partial charge on any atom is 0.328 e. The van der Waals surface area contributed by atoms with E-state index in [0.717, 1.165) is 16.9 Å². The summed E-state index contributed by atoms with van der Waals surface area (Å²) < 4.78 is 15.2. The zero-order valence-electron chi connectivity index (χ0n) is 16.8. The van der Waals surface area contributed by atoms with Crippen molar-refractivity contribution in [2.24, 2.45) is 0 Å². The van der Waals surface area contributed by atoms with Crippen LogP contribution in [0.5, 0.6) is 5.75 Å². The molecule has 1 heterocycles. The Bertz CT molecular complexity index is 970. The molecule has 0 aliphatic rings. The molecule has 3 aromatic rings. The standard InChI is InChI=1S/C22H23N3O5/c1-28-17-10-8-16(9-11-17)21-24-20(30-25-21)13-12-19(26)23-18(22(27)29-2)14-15-6-4-3-5-7-15/h3-11,18H,12-14H2,1-2H3,(H,23,26)/t18-/m1/s1. The van der Waals surface area contributed by atoms with Crippen LogP contribution in [0.4, 0.5) is 0 Å². The summed E-state index contributed by atoms with van der Waals surface area (Å²) >= 11 is 0. The Balaban J connectivity index is 1.56. The van der Waals surface area contributed by atoms with Gasteiger partial charge in [0.25, 0.3) is 0 Å². The number of esters is 1. The molecule has 1 N–H and O–H groups in total. The SMILES string of the molecule is COC(=O)[C@@H](Cc1ccccc1)NC(=O)CCc1nc(-c2ccc(OC)cc2)no1. The van der Waals surface area contributed by atoms with Gasteiger partial charge in [-0.25, -0.2) is 4.79 Å². The van der Waals surface area contributed by atoms with Crippen LogP contribution in [0.2, 0.25) is 0 Å². The van der Waals surface area contributed by atoms with Gasteiger partial charge in [0.2, 0.25) is 17.6 Å². The summed E-state index contributed by atoms with van der Waals surface area (Å²) in [5.74, 6) is 0.713. The zero-order valence-corrected chi connectivity index (χ0v) is 16.8. The Morgan fingerprint density at radius 3 is 2.47 bits per heavy atom. The molecule has 0 saturated carbocycles. The van der Waals surface area contributed by atoms with E-state index in [9.17, 15) is 9.59 Å². The van der Waals surface area contributed by atoms with Crippen LogP contribution < -0.4 is 10.1 Å². The second-order valence-electron chi connectivity index (χ2n) is 6.57. The molecule has 0 saturated heterocycles. The van der Waals surface area contributed by atoms with E-state index in [1.54, 1.807) is 19.2 Å². The number of amides is 1. The summed E-state index contributed by atoms with van der Waals surface area (Å²) in [6.07, 6.45) is 0.710. The Morgan fingerprint density at radius 2 is 1.80 bits per heavy atom. The van der Waals surface area contributed by atoms with E-state index in [2.05, 4.69) is 15.5 Å². The Labute approximate surface area is 174 Å². The van der Waals surface area contributed by atoms with Gasteiger partial charge >= 0.3 is 5.97 Å². The molecule has 0 unspecified atom stereocenters. The van der Waals surface area contributed by atoms with E-state index in [1.165, 1.54) is 7.11 Å². The first-order valence-corrected chi connectivity index (χ1v) is 9.47. The van der Waals surface area contributed by atoms with Crippen molar-refractivity contribution in [2.45, 2.75) is 25.3 Å². The van der Waals surface area contributed by atoms with Crippen LogP contribution in [0, 0.1) is 0 Å². The third-order valence-electron chi connectivity index (χ3n) is 4.49. The lowest BCUT2D eigenvalue weighted by Crippen LogP contribution is -2.43. The summed E-state index contributed by atoms with van der Waals surface area (Å²) in [5, 5.41) is 6.67. The van der Waals surface area contributed by atoms with Crippen molar-refractivity contribution >= 4 is 11.9 Å². The van der Waals surface area contributed by atoms with Crippen molar-refractivity contribution in [3.05, 3.63) is 66.1 Å². The van der Waals surface area contributed by atoms with Crippen molar-refractivity contribution in [1.29, 1.82) is 0 Å². The molecule has 30 heavy (non-hydrogen) atoms. The molecule has 0 radical (unpaired) electrons. The van der Waals surface area contributed by atoms with Gasteiger partial charge in [0, 0.05) is 24.8 Å². The van der Waals surface area contributed by atoms with Crippen LogP contribution in [-0.2, 0) is 27.2 Å². The molecule has 3 rings (SSSR count). The fraction of sp³-hybridized carbons (Fsp3) is 0.273. The number of aryl methyl sites for hydroxylation is 1. The molecule has 0 bridgehead atoms. The number of carbonyl (C=O) groups is 2. The van der Waals surface area contributed by atoms with E-state index in [1.807, 2.05) is 42.5 Å². The summed E-state index contributed by atoms with van der Waals surface area (Å²) in [5.41, 5.74) is 1.71.